The standard InChI is InChI=1S/C39H76N2O3.C10H26N4.4C2HF3O2/c1-3-5-7-9-11-13-15-16-17-18-19-21-23-25-27-30-34-41(38(42)36-40)35-31-29-33-37(39(43)44)32-28-26-24-22-20-14-12-10-8-6-4-2;11-5-3-9-13-7-1-2-8-14-10-4-6-12;4*3-2(4,5)1(6)7/h22,24,37H,3-21,23,25-36,40H2,1-2H3,(H,43,44);13-14H,1-12H2;4*(H,6,7)/b24-22-;;;;;. The Bertz CT molecular complexity index is 1520. The van der Waals surface area contributed by atoms with Crippen LogP contribution in [0.25, 0.3) is 0 Å². The summed E-state index contributed by atoms with van der Waals surface area (Å²) in [6.45, 7) is 12.0. The number of allylic oxidation sites excluding steroid dienone is 2. The molecule has 0 aliphatic rings. The third kappa shape index (κ3) is 79.5. The van der Waals surface area contributed by atoms with Crippen molar-refractivity contribution in [1.29, 1.82) is 0 Å². The lowest BCUT2D eigenvalue weighted by atomic mass is 9.95. The van der Waals surface area contributed by atoms with Crippen molar-refractivity contribution in [3.63, 3.8) is 0 Å². The molecule has 0 heterocycles. The van der Waals surface area contributed by atoms with Gasteiger partial charge < -0.3 is 58.3 Å². The van der Waals surface area contributed by atoms with Gasteiger partial charge in [0.15, 0.2) is 0 Å². The maximum absolute atomic E-state index is 12.4. The number of alkyl halides is 12. The molecule has 0 saturated heterocycles. The molecule has 0 aromatic heterocycles. The molecule has 13 N–H and O–H groups in total. The van der Waals surface area contributed by atoms with Crippen LogP contribution in [-0.4, -0.2) is 150 Å². The van der Waals surface area contributed by atoms with E-state index < -0.39 is 54.6 Å². The van der Waals surface area contributed by atoms with Gasteiger partial charge in [-0.25, -0.2) is 19.2 Å². The summed E-state index contributed by atoms with van der Waals surface area (Å²) in [6.07, 6.45) is 24.4. The van der Waals surface area contributed by atoms with Crippen LogP contribution in [-0.2, 0) is 28.8 Å². The quantitative estimate of drug-likeness (QED) is 0.0154. The first kappa shape index (κ1) is 92.7. The van der Waals surface area contributed by atoms with Gasteiger partial charge in [0.05, 0.1) is 12.5 Å². The van der Waals surface area contributed by atoms with E-state index in [9.17, 15) is 67.4 Å². The Morgan fingerprint density at radius 2 is 0.640 bits per heavy atom. The van der Waals surface area contributed by atoms with Gasteiger partial charge in [-0.3, -0.25) is 9.59 Å². The number of nitrogens with two attached hydrogens (primary N) is 3. The fraction of sp³-hybridized carbons (Fsp3) is 0.860. The number of aliphatic carboxylic acids is 5. The molecule has 29 heteroatoms. The Morgan fingerprint density at radius 3 is 0.919 bits per heavy atom. The fourth-order valence-corrected chi connectivity index (χ4v) is 7.39. The van der Waals surface area contributed by atoms with Gasteiger partial charge in [-0.05, 0) is 116 Å². The van der Waals surface area contributed by atoms with Gasteiger partial charge in [0.25, 0.3) is 0 Å². The van der Waals surface area contributed by atoms with Crippen LogP contribution in [0, 0.1) is 5.92 Å². The average molecular weight is 1280 g/mol. The summed E-state index contributed by atoms with van der Waals surface area (Å²) in [4.78, 5) is 61.6. The van der Waals surface area contributed by atoms with Crippen molar-refractivity contribution >= 4 is 35.8 Å². The molecule has 0 aromatic carbocycles. The molecule has 17 nitrogen and oxygen atoms in total. The number of carbonyl (C=O) groups excluding carboxylic acids is 1. The second kappa shape index (κ2) is 63.5. The predicted molar refractivity (Wildman–Crippen MR) is 308 cm³/mol. The summed E-state index contributed by atoms with van der Waals surface area (Å²) in [5, 5.41) is 44.9. The zero-order valence-electron chi connectivity index (χ0n) is 50.8. The molecule has 0 spiro atoms. The first-order valence-electron chi connectivity index (χ1n) is 30.1. The summed E-state index contributed by atoms with van der Waals surface area (Å²) in [6, 6.07) is 0. The largest absolute Gasteiger partial charge is 0.490 e. The van der Waals surface area contributed by atoms with Crippen LogP contribution in [0.15, 0.2) is 12.2 Å². The summed E-state index contributed by atoms with van der Waals surface area (Å²) in [5.41, 5.74) is 16.4. The first-order valence-corrected chi connectivity index (χ1v) is 30.1. The average Bonchev–Trinajstić information content (AvgIpc) is 3.45. The minimum absolute atomic E-state index is 0.0218. The third-order valence-electron chi connectivity index (χ3n) is 12.2. The van der Waals surface area contributed by atoms with E-state index in [4.69, 9.17) is 56.8 Å². The number of unbranched alkanes of at least 4 members (excludes halogenated alkanes) is 24. The van der Waals surface area contributed by atoms with E-state index in [1.165, 1.54) is 148 Å². The minimum Gasteiger partial charge on any atom is -0.481 e. The fourth-order valence-electron chi connectivity index (χ4n) is 7.39. The van der Waals surface area contributed by atoms with Crippen LogP contribution in [0.4, 0.5) is 52.7 Å². The molecule has 1 unspecified atom stereocenters. The summed E-state index contributed by atoms with van der Waals surface area (Å²) >= 11 is 0. The van der Waals surface area contributed by atoms with Gasteiger partial charge >= 0.3 is 54.6 Å². The highest BCUT2D eigenvalue weighted by molar-refractivity contribution is 5.78. The van der Waals surface area contributed by atoms with Crippen molar-refractivity contribution in [1.82, 2.24) is 15.5 Å². The molecule has 1 atom stereocenters. The number of halogens is 12. The van der Waals surface area contributed by atoms with Crippen molar-refractivity contribution in [3.8, 4) is 0 Å². The first-order chi connectivity index (χ1) is 40.2. The normalized spacial score (nSPS) is 11.7. The van der Waals surface area contributed by atoms with Crippen molar-refractivity contribution in [3.05, 3.63) is 12.2 Å². The molecule has 0 saturated carbocycles. The highest BCUT2D eigenvalue weighted by atomic mass is 19.4. The van der Waals surface area contributed by atoms with E-state index in [-0.39, 0.29) is 18.4 Å². The minimum atomic E-state index is -5.08. The van der Waals surface area contributed by atoms with E-state index in [1.807, 2.05) is 4.90 Å². The zero-order chi connectivity index (χ0) is 67.1. The van der Waals surface area contributed by atoms with Gasteiger partial charge in [0.1, 0.15) is 0 Å². The number of amides is 1. The summed E-state index contributed by atoms with van der Waals surface area (Å²) in [5.74, 6) is -12.0. The number of nitrogens with one attached hydrogen (secondary N) is 2. The van der Waals surface area contributed by atoms with Crippen molar-refractivity contribution in [2.45, 2.75) is 250 Å². The number of hydrogen-bond donors (Lipinski definition) is 10. The second-order valence-electron chi connectivity index (χ2n) is 20.1. The Morgan fingerprint density at radius 1 is 0.384 bits per heavy atom. The number of carbonyl (C=O) groups is 6. The number of carboxylic acids is 5. The van der Waals surface area contributed by atoms with Gasteiger partial charge in [0, 0.05) is 13.1 Å². The third-order valence-corrected chi connectivity index (χ3v) is 12.2. The molecule has 0 bridgehead atoms. The van der Waals surface area contributed by atoms with E-state index in [0.717, 1.165) is 104 Å². The Hall–Kier alpha value is -4.48. The van der Waals surface area contributed by atoms with Crippen LogP contribution < -0.4 is 27.8 Å². The highest BCUT2D eigenvalue weighted by Gasteiger charge is 2.40. The van der Waals surface area contributed by atoms with Crippen LogP contribution >= 0.6 is 0 Å². The van der Waals surface area contributed by atoms with Crippen molar-refractivity contribution < 1.29 is 107 Å². The van der Waals surface area contributed by atoms with Crippen molar-refractivity contribution in [2.24, 2.45) is 23.1 Å². The van der Waals surface area contributed by atoms with E-state index >= 15 is 0 Å². The number of nitrogens with zero attached hydrogens (tertiary/aromatic N) is 1. The lowest BCUT2D eigenvalue weighted by Crippen LogP contribution is -2.37. The van der Waals surface area contributed by atoms with E-state index in [0.29, 0.717) is 13.0 Å². The van der Waals surface area contributed by atoms with Crippen LogP contribution in [0.1, 0.15) is 226 Å². The molecule has 0 fully saturated rings. The Balaban J connectivity index is -0.000000302. The summed E-state index contributed by atoms with van der Waals surface area (Å²) < 4.78 is 127. The van der Waals surface area contributed by atoms with Gasteiger partial charge in [-0.1, -0.05) is 161 Å². The second-order valence-corrected chi connectivity index (χ2v) is 20.1. The number of carboxylic acid groups (broad SMARTS) is 5. The molecular weight excluding hydrogens is 1170 g/mol. The molecule has 514 valence electrons. The molecule has 0 aromatic rings. The summed E-state index contributed by atoms with van der Waals surface area (Å²) in [7, 11) is 0. The molecule has 0 radical (unpaired) electrons. The lowest BCUT2D eigenvalue weighted by molar-refractivity contribution is -0.193. The van der Waals surface area contributed by atoms with Gasteiger partial charge in [-0.2, -0.15) is 52.7 Å². The molecular formula is C57H106F12N6O11. The highest BCUT2D eigenvalue weighted by Crippen LogP contribution is 2.20. The molecule has 1 amide bonds. The topological polar surface area (TPSA) is 309 Å². The lowest BCUT2D eigenvalue weighted by Gasteiger charge is -2.22. The van der Waals surface area contributed by atoms with Crippen LogP contribution in [0.2, 0.25) is 0 Å². The Kier molecular flexibility index (Phi) is 68.5. The van der Waals surface area contributed by atoms with Crippen LogP contribution in [0.5, 0.6) is 0 Å². The van der Waals surface area contributed by atoms with Crippen molar-refractivity contribution in [2.75, 3.05) is 58.9 Å². The van der Waals surface area contributed by atoms with E-state index in [1.54, 1.807) is 0 Å². The number of rotatable bonds is 46. The molecule has 86 heavy (non-hydrogen) atoms. The smallest absolute Gasteiger partial charge is 0.481 e. The maximum atomic E-state index is 12.4. The van der Waals surface area contributed by atoms with Gasteiger partial charge in [-0.15, -0.1) is 0 Å². The SMILES string of the molecule is CCCCCCCC/C=C\CCCC(CCCCN(CCCCCCCCCCCCCCCCCC)C(=O)CN)C(=O)O.NCCCNCCCCNCCCN.O=C(O)C(F)(F)F.O=C(O)C(F)(F)F.O=C(O)C(F)(F)F.O=C(O)C(F)(F)F. The molecule has 0 aliphatic heterocycles. The number of hydrogen-bond acceptors (Lipinski definition) is 11. The Labute approximate surface area is 501 Å². The zero-order valence-corrected chi connectivity index (χ0v) is 50.8. The molecule has 0 aliphatic carbocycles. The maximum Gasteiger partial charge on any atom is 0.490 e. The monoisotopic (exact) mass is 1280 g/mol. The molecule has 0 rings (SSSR count). The van der Waals surface area contributed by atoms with E-state index in [2.05, 4.69) is 36.6 Å². The van der Waals surface area contributed by atoms with Gasteiger partial charge in [0.2, 0.25) is 5.91 Å². The predicted octanol–water partition coefficient (Wildman–Crippen LogP) is 13.6. The van der Waals surface area contributed by atoms with Crippen LogP contribution in [0.3, 0.4) is 0 Å².